The van der Waals surface area contributed by atoms with Crippen LogP contribution in [0.3, 0.4) is 0 Å². The first kappa shape index (κ1) is 25.7. The Hall–Kier alpha value is -2.92. The molecule has 0 aliphatic rings. The van der Waals surface area contributed by atoms with E-state index >= 15 is 0 Å². The van der Waals surface area contributed by atoms with E-state index in [0.717, 1.165) is 23.1 Å². The van der Waals surface area contributed by atoms with Crippen molar-refractivity contribution >= 4 is 50.9 Å². The van der Waals surface area contributed by atoms with E-state index in [9.17, 15) is 31.5 Å². The first-order valence-corrected chi connectivity index (χ1v) is 11.2. The Balaban J connectivity index is 1.90. The highest BCUT2D eigenvalue weighted by Crippen LogP contribution is 2.43. The molecule has 0 saturated carbocycles. The Labute approximate surface area is 204 Å². The molecule has 0 aliphatic heterocycles. The van der Waals surface area contributed by atoms with Crippen LogP contribution in [0.25, 0.3) is 0 Å². The predicted molar refractivity (Wildman–Crippen MR) is 124 cm³/mol. The van der Waals surface area contributed by atoms with E-state index < -0.39 is 34.5 Å². The second kappa shape index (κ2) is 10.1. The first-order chi connectivity index (χ1) is 15.9. The minimum atomic E-state index is -4.57. The van der Waals surface area contributed by atoms with Crippen molar-refractivity contribution in [1.29, 1.82) is 0 Å². The van der Waals surface area contributed by atoms with Crippen LogP contribution in [-0.2, 0) is 0 Å². The van der Waals surface area contributed by atoms with Gasteiger partial charge >= 0.3 is 5.51 Å². The van der Waals surface area contributed by atoms with Crippen LogP contribution in [0.5, 0.6) is 0 Å². The molecule has 2 amide bonds. The number of amides is 2. The third-order valence-corrected chi connectivity index (χ3v) is 6.04. The minimum Gasteiger partial charge on any atom is -0.320 e. The van der Waals surface area contributed by atoms with E-state index in [0.29, 0.717) is 5.56 Å². The van der Waals surface area contributed by atoms with Crippen LogP contribution in [0.1, 0.15) is 26.3 Å². The standard InChI is InChI=1S/C23H16BrF5N2O2S/c1-12-9-15(24)20(18(10-12)34-23(27,28)29)30-21(32)13-5-3-6-14(11-13)31(2)22(33)19-16(25)7-4-8-17(19)26/h3-11H,1-2H3,(H,30,32). The number of thioether (sulfide) groups is 1. The van der Waals surface area contributed by atoms with Crippen molar-refractivity contribution in [3.8, 4) is 0 Å². The van der Waals surface area contributed by atoms with Crippen molar-refractivity contribution in [1.82, 2.24) is 0 Å². The van der Waals surface area contributed by atoms with Crippen molar-refractivity contribution in [2.45, 2.75) is 17.3 Å². The number of rotatable bonds is 5. The molecule has 178 valence electrons. The summed E-state index contributed by atoms with van der Waals surface area (Å²) in [5.41, 5.74) is -4.68. The van der Waals surface area contributed by atoms with Crippen molar-refractivity contribution < 1.29 is 31.5 Å². The Morgan fingerprint density at radius 1 is 1.00 bits per heavy atom. The van der Waals surface area contributed by atoms with E-state index in [1.807, 2.05) is 0 Å². The third-order valence-electron chi connectivity index (χ3n) is 4.64. The van der Waals surface area contributed by atoms with Gasteiger partial charge in [-0.15, -0.1) is 0 Å². The number of anilines is 2. The number of alkyl halides is 3. The molecule has 34 heavy (non-hydrogen) atoms. The second-order valence-corrected chi connectivity index (χ2v) is 9.09. The van der Waals surface area contributed by atoms with Crippen LogP contribution in [0.15, 0.2) is 64.0 Å². The lowest BCUT2D eigenvalue weighted by atomic mass is 10.1. The Morgan fingerprint density at radius 2 is 1.62 bits per heavy atom. The molecular formula is C23H16BrF5N2O2S. The van der Waals surface area contributed by atoms with Gasteiger partial charge in [-0.2, -0.15) is 13.2 Å². The van der Waals surface area contributed by atoms with Crippen molar-refractivity contribution in [2.24, 2.45) is 0 Å². The molecule has 0 heterocycles. The van der Waals surface area contributed by atoms with Gasteiger partial charge in [0.05, 0.1) is 5.69 Å². The second-order valence-electron chi connectivity index (χ2n) is 7.13. The lowest BCUT2D eigenvalue weighted by Gasteiger charge is -2.19. The van der Waals surface area contributed by atoms with Gasteiger partial charge < -0.3 is 10.2 Å². The zero-order valence-electron chi connectivity index (χ0n) is 17.6. The Bertz CT molecular complexity index is 1250. The van der Waals surface area contributed by atoms with Gasteiger partial charge in [0.1, 0.15) is 17.2 Å². The Morgan fingerprint density at radius 3 is 2.24 bits per heavy atom. The maximum Gasteiger partial charge on any atom is 0.446 e. The van der Waals surface area contributed by atoms with Crippen LogP contribution in [0.2, 0.25) is 0 Å². The highest BCUT2D eigenvalue weighted by Gasteiger charge is 2.31. The highest BCUT2D eigenvalue weighted by atomic mass is 79.9. The molecule has 3 aromatic carbocycles. The first-order valence-electron chi connectivity index (χ1n) is 9.56. The minimum absolute atomic E-state index is 0.0154. The molecule has 3 aromatic rings. The number of carbonyl (C=O) groups excluding carboxylic acids is 2. The van der Waals surface area contributed by atoms with Gasteiger partial charge in [0.2, 0.25) is 0 Å². The highest BCUT2D eigenvalue weighted by molar-refractivity contribution is 9.10. The normalized spacial score (nSPS) is 11.3. The molecule has 4 nitrogen and oxygen atoms in total. The van der Waals surface area contributed by atoms with E-state index in [1.54, 1.807) is 13.0 Å². The summed E-state index contributed by atoms with van der Waals surface area (Å²) < 4.78 is 67.3. The molecule has 11 heteroatoms. The van der Waals surface area contributed by atoms with E-state index in [4.69, 9.17) is 0 Å². The number of nitrogens with zero attached hydrogens (tertiary/aromatic N) is 1. The average Bonchev–Trinajstić information content (AvgIpc) is 2.74. The smallest absolute Gasteiger partial charge is 0.320 e. The lowest BCUT2D eigenvalue weighted by molar-refractivity contribution is -0.0328. The third kappa shape index (κ3) is 5.95. The summed E-state index contributed by atoms with van der Waals surface area (Å²) in [6.45, 7) is 1.62. The van der Waals surface area contributed by atoms with E-state index in [1.165, 1.54) is 37.4 Å². The Kier molecular flexibility index (Phi) is 7.67. The van der Waals surface area contributed by atoms with Crippen molar-refractivity contribution in [2.75, 3.05) is 17.3 Å². The van der Waals surface area contributed by atoms with Crippen molar-refractivity contribution in [3.05, 3.63) is 87.4 Å². The van der Waals surface area contributed by atoms with Gasteiger partial charge in [-0.1, -0.05) is 12.1 Å². The largest absolute Gasteiger partial charge is 0.446 e. The number of hydrogen-bond donors (Lipinski definition) is 1. The fourth-order valence-electron chi connectivity index (χ4n) is 3.07. The van der Waals surface area contributed by atoms with Crippen LogP contribution in [0, 0.1) is 18.6 Å². The molecule has 0 aromatic heterocycles. The molecule has 0 spiro atoms. The molecule has 0 radical (unpaired) electrons. The molecule has 0 aliphatic carbocycles. The van der Waals surface area contributed by atoms with Crippen LogP contribution in [0.4, 0.5) is 33.3 Å². The molecule has 0 unspecified atom stereocenters. The van der Waals surface area contributed by atoms with Gasteiger partial charge in [0.15, 0.2) is 0 Å². The van der Waals surface area contributed by atoms with Gasteiger partial charge in [-0.05, 0) is 82.6 Å². The fraction of sp³-hybridized carbons (Fsp3) is 0.130. The van der Waals surface area contributed by atoms with E-state index in [-0.39, 0.29) is 38.1 Å². The average molecular weight is 559 g/mol. The van der Waals surface area contributed by atoms with Gasteiger partial charge in [0, 0.05) is 27.7 Å². The summed E-state index contributed by atoms with van der Waals surface area (Å²) in [5, 5.41) is 2.46. The number of nitrogens with one attached hydrogen (secondary N) is 1. The maximum atomic E-state index is 14.0. The molecule has 3 rings (SSSR count). The van der Waals surface area contributed by atoms with Crippen molar-refractivity contribution in [3.63, 3.8) is 0 Å². The quantitative estimate of drug-likeness (QED) is 0.266. The topological polar surface area (TPSA) is 49.4 Å². The predicted octanol–water partition coefficient (Wildman–Crippen LogP) is 7.18. The van der Waals surface area contributed by atoms with Crippen LogP contribution >= 0.6 is 27.7 Å². The van der Waals surface area contributed by atoms with Gasteiger partial charge in [-0.3, -0.25) is 9.59 Å². The van der Waals surface area contributed by atoms with Crippen LogP contribution in [-0.4, -0.2) is 24.4 Å². The van der Waals surface area contributed by atoms with Crippen LogP contribution < -0.4 is 10.2 Å². The number of carbonyl (C=O) groups is 2. The number of hydrogen-bond acceptors (Lipinski definition) is 3. The fourth-order valence-corrected chi connectivity index (χ4v) is 4.63. The molecule has 0 saturated heterocycles. The molecule has 0 fully saturated rings. The summed E-state index contributed by atoms with van der Waals surface area (Å²) in [7, 11) is 1.28. The summed E-state index contributed by atoms with van der Waals surface area (Å²) in [6.07, 6.45) is 0. The number of halogens is 6. The van der Waals surface area contributed by atoms with E-state index in [2.05, 4.69) is 21.2 Å². The maximum absolute atomic E-state index is 14.0. The molecule has 0 bridgehead atoms. The lowest BCUT2D eigenvalue weighted by Crippen LogP contribution is -2.28. The van der Waals surface area contributed by atoms with Gasteiger partial charge in [0.25, 0.3) is 11.8 Å². The molecule has 0 atom stereocenters. The summed E-state index contributed by atoms with van der Waals surface area (Å²) in [4.78, 5) is 26.2. The monoisotopic (exact) mass is 558 g/mol. The summed E-state index contributed by atoms with van der Waals surface area (Å²) in [5.74, 6) is -3.79. The summed E-state index contributed by atoms with van der Waals surface area (Å²) >= 11 is 2.82. The zero-order valence-corrected chi connectivity index (χ0v) is 20.0. The molecule has 1 N–H and O–H groups in total. The van der Waals surface area contributed by atoms with Gasteiger partial charge in [-0.25, -0.2) is 8.78 Å². The number of benzene rings is 3. The summed E-state index contributed by atoms with van der Waals surface area (Å²) in [6, 6.07) is 11.4. The SMILES string of the molecule is Cc1cc(Br)c(NC(=O)c2cccc(N(C)C(=O)c3c(F)cccc3F)c2)c(SC(F)(F)F)c1. The number of aryl methyl sites for hydroxylation is 1. The zero-order chi connectivity index (χ0) is 25.2. The molecular weight excluding hydrogens is 543 g/mol.